The summed E-state index contributed by atoms with van der Waals surface area (Å²) in [6, 6.07) is 8.55. The Labute approximate surface area is 179 Å². The van der Waals surface area contributed by atoms with Crippen LogP contribution in [0.3, 0.4) is 0 Å². The molecule has 0 fully saturated rings. The smallest absolute Gasteiger partial charge is 0.240 e. The Morgan fingerprint density at radius 3 is 2.97 bits per heavy atom. The molecule has 0 unspecified atom stereocenters. The van der Waals surface area contributed by atoms with Crippen molar-refractivity contribution in [1.82, 2.24) is 19.9 Å². The van der Waals surface area contributed by atoms with Crippen LogP contribution in [0.15, 0.2) is 59.5 Å². The molecule has 30 heavy (non-hydrogen) atoms. The van der Waals surface area contributed by atoms with Gasteiger partial charge in [0.05, 0.1) is 17.2 Å². The van der Waals surface area contributed by atoms with Gasteiger partial charge in [0, 0.05) is 18.5 Å². The number of benzene rings is 1. The number of pyridine rings is 1. The molecule has 1 aliphatic rings. The second-order valence-corrected chi connectivity index (χ2v) is 8.38. The van der Waals surface area contributed by atoms with E-state index < -0.39 is 0 Å². The number of carbonyl (C=O) groups excluding carboxylic acids is 1. The average Bonchev–Trinajstić information content (AvgIpc) is 3.11. The summed E-state index contributed by atoms with van der Waals surface area (Å²) in [6.07, 6.45) is 11.4. The predicted molar refractivity (Wildman–Crippen MR) is 118 cm³/mol. The fourth-order valence-corrected chi connectivity index (χ4v) is 4.66. The second kappa shape index (κ2) is 9.89. The number of rotatable bonds is 8. The van der Waals surface area contributed by atoms with Crippen LogP contribution in [-0.2, 0) is 17.1 Å². The molecule has 3 aromatic rings. The second-order valence-electron chi connectivity index (χ2n) is 7.43. The van der Waals surface area contributed by atoms with Crippen molar-refractivity contribution in [2.45, 2.75) is 49.6 Å². The van der Waals surface area contributed by atoms with E-state index in [0.29, 0.717) is 23.0 Å². The maximum Gasteiger partial charge on any atom is 0.240 e. The van der Waals surface area contributed by atoms with Crippen LogP contribution in [0.5, 0.6) is 0 Å². The number of amides is 1. The first-order valence-corrected chi connectivity index (χ1v) is 11.3. The van der Waals surface area contributed by atoms with Gasteiger partial charge in [0.2, 0.25) is 5.91 Å². The molecular weight excluding hydrogens is 399 g/mol. The van der Waals surface area contributed by atoms with Gasteiger partial charge in [0.1, 0.15) is 12.4 Å². The maximum atomic E-state index is 14.0. The van der Waals surface area contributed by atoms with E-state index in [1.807, 2.05) is 16.7 Å². The molecule has 1 N–H and O–H groups in total. The van der Waals surface area contributed by atoms with Crippen LogP contribution < -0.4 is 5.32 Å². The van der Waals surface area contributed by atoms with Crippen LogP contribution in [0.1, 0.15) is 37.7 Å². The van der Waals surface area contributed by atoms with Gasteiger partial charge in [-0.1, -0.05) is 41.6 Å². The Bertz CT molecular complexity index is 1060. The zero-order chi connectivity index (χ0) is 20.8. The third-order valence-electron chi connectivity index (χ3n) is 5.29. The van der Waals surface area contributed by atoms with Gasteiger partial charge in [0.15, 0.2) is 5.16 Å². The normalized spacial score (nSPS) is 14.0. The molecule has 0 bridgehead atoms. The molecular formula is C23H25FN4OS. The fraction of sp³-hybridized carbons (Fsp3) is 0.348. The van der Waals surface area contributed by atoms with Crippen molar-refractivity contribution in [2.24, 2.45) is 0 Å². The van der Waals surface area contributed by atoms with Gasteiger partial charge in [-0.15, -0.1) is 0 Å². The number of thioether (sulfide) groups is 1. The first-order chi connectivity index (χ1) is 14.7. The monoisotopic (exact) mass is 424 g/mol. The molecule has 0 radical (unpaired) electrons. The zero-order valence-electron chi connectivity index (χ0n) is 16.8. The molecule has 156 valence electrons. The molecule has 1 aromatic carbocycles. The SMILES string of the molecule is O=C(Cn1c(SCc2ccccc2F)nc2ccncc21)NCCC1=CCCCC1. The lowest BCUT2D eigenvalue weighted by atomic mass is 9.97. The number of imidazole rings is 1. The Morgan fingerprint density at radius 1 is 1.23 bits per heavy atom. The summed E-state index contributed by atoms with van der Waals surface area (Å²) in [4.78, 5) is 21.4. The number of nitrogens with one attached hydrogen (secondary N) is 1. The van der Waals surface area contributed by atoms with Crippen LogP contribution >= 0.6 is 11.8 Å². The molecule has 0 atom stereocenters. The van der Waals surface area contributed by atoms with Gasteiger partial charge in [-0.05, 0) is 49.8 Å². The topological polar surface area (TPSA) is 59.8 Å². The molecule has 2 heterocycles. The first kappa shape index (κ1) is 20.6. The van der Waals surface area contributed by atoms with Crippen LogP contribution in [0.2, 0.25) is 0 Å². The van der Waals surface area contributed by atoms with Gasteiger partial charge in [0.25, 0.3) is 0 Å². The van der Waals surface area contributed by atoms with Crippen LogP contribution in [0.25, 0.3) is 11.0 Å². The number of allylic oxidation sites excluding steroid dienone is 1. The van der Waals surface area contributed by atoms with Gasteiger partial charge < -0.3 is 9.88 Å². The van der Waals surface area contributed by atoms with Gasteiger partial charge in [-0.2, -0.15) is 0 Å². The van der Waals surface area contributed by atoms with Gasteiger partial charge in [-0.25, -0.2) is 9.37 Å². The number of nitrogens with zero attached hydrogens (tertiary/aromatic N) is 3. The Balaban J connectivity index is 1.43. The lowest BCUT2D eigenvalue weighted by Crippen LogP contribution is -2.29. The number of aromatic nitrogens is 3. The van der Waals surface area contributed by atoms with Crippen molar-refractivity contribution in [3.05, 3.63) is 65.8 Å². The molecule has 0 aliphatic heterocycles. The molecule has 0 saturated heterocycles. The zero-order valence-corrected chi connectivity index (χ0v) is 17.6. The molecule has 0 saturated carbocycles. The maximum absolute atomic E-state index is 14.0. The van der Waals surface area contributed by atoms with Crippen molar-refractivity contribution in [3.8, 4) is 0 Å². The summed E-state index contributed by atoms with van der Waals surface area (Å²) in [5.74, 6) is 0.158. The number of hydrogen-bond donors (Lipinski definition) is 1. The standard InChI is InChI=1S/C23H25FN4OS/c24-19-9-5-4-8-18(19)16-30-23-27-20-11-12-25-14-21(20)28(23)15-22(29)26-13-10-17-6-2-1-3-7-17/h4-6,8-9,11-12,14H,1-3,7,10,13,15-16H2,(H,26,29). The minimum Gasteiger partial charge on any atom is -0.354 e. The van der Waals surface area contributed by atoms with Crippen LogP contribution in [0, 0.1) is 5.82 Å². The quantitative estimate of drug-likeness (QED) is 0.414. The molecule has 5 nitrogen and oxygen atoms in total. The van der Waals surface area contributed by atoms with E-state index in [1.54, 1.807) is 24.5 Å². The van der Waals surface area contributed by atoms with Crippen molar-refractivity contribution in [3.63, 3.8) is 0 Å². The minimum absolute atomic E-state index is 0.0534. The summed E-state index contributed by atoms with van der Waals surface area (Å²) in [5, 5.41) is 3.71. The van der Waals surface area contributed by atoms with Crippen molar-refractivity contribution in [2.75, 3.05) is 6.54 Å². The van der Waals surface area contributed by atoms with E-state index in [2.05, 4.69) is 21.4 Å². The molecule has 1 amide bonds. The predicted octanol–water partition coefficient (Wildman–Crippen LogP) is 4.87. The van der Waals surface area contributed by atoms with Gasteiger partial charge >= 0.3 is 0 Å². The molecule has 2 aromatic heterocycles. The van der Waals surface area contributed by atoms with E-state index >= 15 is 0 Å². The van der Waals surface area contributed by atoms with Gasteiger partial charge in [-0.3, -0.25) is 9.78 Å². The van der Waals surface area contributed by atoms with E-state index in [1.165, 1.54) is 36.2 Å². The minimum atomic E-state index is -0.232. The molecule has 4 rings (SSSR count). The number of fused-ring (bicyclic) bond motifs is 1. The summed E-state index contributed by atoms with van der Waals surface area (Å²) < 4.78 is 15.8. The largest absolute Gasteiger partial charge is 0.354 e. The number of carbonyl (C=O) groups is 1. The van der Waals surface area contributed by atoms with Crippen molar-refractivity contribution in [1.29, 1.82) is 0 Å². The Kier molecular flexibility index (Phi) is 6.79. The molecule has 1 aliphatic carbocycles. The van der Waals surface area contributed by atoms with Crippen LogP contribution in [-0.4, -0.2) is 27.0 Å². The highest BCUT2D eigenvalue weighted by molar-refractivity contribution is 7.98. The summed E-state index contributed by atoms with van der Waals surface area (Å²) in [6.45, 7) is 0.814. The highest BCUT2D eigenvalue weighted by Gasteiger charge is 2.15. The number of halogens is 1. The Morgan fingerprint density at radius 2 is 2.13 bits per heavy atom. The van der Waals surface area contributed by atoms with E-state index in [4.69, 9.17) is 0 Å². The summed E-state index contributed by atoms with van der Waals surface area (Å²) >= 11 is 1.42. The highest BCUT2D eigenvalue weighted by atomic mass is 32.2. The average molecular weight is 425 g/mol. The van der Waals surface area contributed by atoms with Crippen molar-refractivity contribution >= 4 is 28.7 Å². The number of hydrogen-bond acceptors (Lipinski definition) is 4. The lowest BCUT2D eigenvalue weighted by Gasteiger charge is -2.13. The first-order valence-electron chi connectivity index (χ1n) is 10.3. The highest BCUT2D eigenvalue weighted by Crippen LogP contribution is 2.27. The van der Waals surface area contributed by atoms with Crippen molar-refractivity contribution < 1.29 is 9.18 Å². The van der Waals surface area contributed by atoms with E-state index in [9.17, 15) is 9.18 Å². The molecule has 7 heteroatoms. The van der Waals surface area contributed by atoms with E-state index in [-0.39, 0.29) is 18.3 Å². The Hall–Kier alpha value is -2.67. The summed E-state index contributed by atoms with van der Waals surface area (Å²) in [5.41, 5.74) is 3.64. The molecule has 0 spiro atoms. The lowest BCUT2D eigenvalue weighted by molar-refractivity contribution is -0.121. The fourth-order valence-electron chi connectivity index (χ4n) is 3.66. The summed E-state index contributed by atoms with van der Waals surface area (Å²) in [7, 11) is 0. The van der Waals surface area contributed by atoms with E-state index in [0.717, 1.165) is 30.3 Å². The third-order valence-corrected chi connectivity index (χ3v) is 6.31. The van der Waals surface area contributed by atoms with Crippen LogP contribution in [0.4, 0.5) is 4.39 Å². The third kappa shape index (κ3) is 5.08.